The highest BCUT2D eigenvalue weighted by molar-refractivity contribution is 6.34. The molecule has 0 bridgehead atoms. The quantitative estimate of drug-likeness (QED) is 0.420. The fourth-order valence-electron chi connectivity index (χ4n) is 3.33. The first kappa shape index (κ1) is 21.5. The van der Waals surface area contributed by atoms with Crippen LogP contribution in [-0.4, -0.2) is 28.3 Å². The van der Waals surface area contributed by atoms with Gasteiger partial charge in [0.15, 0.2) is 0 Å². The maximum atomic E-state index is 13.2. The molecule has 0 saturated heterocycles. The molecular formula is C25H21ClN4O2. The highest BCUT2D eigenvalue weighted by Gasteiger charge is 2.16. The van der Waals surface area contributed by atoms with Crippen LogP contribution < -0.4 is 10.6 Å². The molecule has 0 saturated carbocycles. The van der Waals surface area contributed by atoms with Gasteiger partial charge in [-0.25, -0.2) is 4.98 Å². The summed E-state index contributed by atoms with van der Waals surface area (Å²) < 4.78 is 0. The number of hydrogen-bond donors (Lipinski definition) is 2. The number of amides is 2. The monoisotopic (exact) mass is 444 g/mol. The SMILES string of the molecule is CCCNC(=O)c1ccc(NC(=O)c2cc(-c3cccnc3)nc3ccccc23)cc1Cl. The minimum absolute atomic E-state index is 0.240. The van der Waals surface area contributed by atoms with E-state index in [1.807, 2.05) is 43.3 Å². The number of rotatable bonds is 6. The zero-order chi connectivity index (χ0) is 22.5. The fraction of sp³-hybridized carbons (Fsp3) is 0.120. The number of nitrogens with zero attached hydrogens (tertiary/aromatic N) is 2. The summed E-state index contributed by atoms with van der Waals surface area (Å²) >= 11 is 6.30. The largest absolute Gasteiger partial charge is 0.352 e. The third-order valence-corrected chi connectivity index (χ3v) is 5.24. The average Bonchev–Trinajstić information content (AvgIpc) is 2.82. The third kappa shape index (κ3) is 4.60. The molecule has 0 unspecified atom stereocenters. The molecule has 2 amide bonds. The van der Waals surface area contributed by atoms with Crippen LogP contribution in [0.25, 0.3) is 22.2 Å². The normalized spacial score (nSPS) is 10.7. The standard InChI is InChI=1S/C25H21ClN4O2/c1-2-11-28-24(31)19-10-9-17(13-21(19)26)29-25(32)20-14-23(16-6-5-12-27-15-16)30-22-8-4-3-7-18(20)22/h3-10,12-15H,2,11H2,1H3,(H,28,31)(H,29,32). The number of hydrogen-bond acceptors (Lipinski definition) is 4. The van der Waals surface area contributed by atoms with Gasteiger partial charge in [0.05, 0.1) is 27.4 Å². The van der Waals surface area contributed by atoms with Crippen molar-refractivity contribution in [2.24, 2.45) is 0 Å². The lowest BCUT2D eigenvalue weighted by Crippen LogP contribution is -2.24. The van der Waals surface area contributed by atoms with Crippen molar-refractivity contribution in [1.29, 1.82) is 0 Å². The molecule has 4 rings (SSSR count). The second kappa shape index (κ2) is 9.58. The topological polar surface area (TPSA) is 84.0 Å². The van der Waals surface area contributed by atoms with Crippen molar-refractivity contribution in [2.45, 2.75) is 13.3 Å². The zero-order valence-corrected chi connectivity index (χ0v) is 18.2. The molecule has 0 spiro atoms. The van der Waals surface area contributed by atoms with Crippen LogP contribution in [0.4, 0.5) is 5.69 Å². The molecular weight excluding hydrogens is 424 g/mol. The van der Waals surface area contributed by atoms with Gasteiger partial charge in [0.2, 0.25) is 0 Å². The van der Waals surface area contributed by atoms with E-state index in [2.05, 4.69) is 20.6 Å². The summed E-state index contributed by atoms with van der Waals surface area (Å²) in [4.78, 5) is 34.2. The number of para-hydroxylation sites is 1. The highest BCUT2D eigenvalue weighted by Crippen LogP contribution is 2.26. The van der Waals surface area contributed by atoms with E-state index < -0.39 is 0 Å². The molecule has 6 nitrogen and oxygen atoms in total. The summed E-state index contributed by atoms with van der Waals surface area (Å²) in [6.07, 6.45) is 4.23. The van der Waals surface area contributed by atoms with Crippen molar-refractivity contribution in [1.82, 2.24) is 15.3 Å². The molecule has 0 fully saturated rings. The number of pyridine rings is 2. The minimum atomic E-state index is -0.298. The molecule has 2 heterocycles. The smallest absolute Gasteiger partial charge is 0.256 e. The Labute approximate surface area is 190 Å². The van der Waals surface area contributed by atoms with Crippen LogP contribution in [0.5, 0.6) is 0 Å². The van der Waals surface area contributed by atoms with Crippen molar-refractivity contribution < 1.29 is 9.59 Å². The molecule has 2 aromatic heterocycles. The maximum absolute atomic E-state index is 13.2. The van der Waals surface area contributed by atoms with Crippen molar-refractivity contribution in [3.8, 4) is 11.3 Å². The van der Waals surface area contributed by atoms with Gasteiger partial charge in [0.1, 0.15) is 0 Å². The Morgan fingerprint density at radius 2 is 1.81 bits per heavy atom. The van der Waals surface area contributed by atoms with Crippen LogP contribution in [0.3, 0.4) is 0 Å². The molecule has 2 aromatic carbocycles. The number of fused-ring (bicyclic) bond motifs is 1. The Balaban J connectivity index is 1.65. The van der Waals surface area contributed by atoms with Gasteiger partial charge in [-0.15, -0.1) is 0 Å². The minimum Gasteiger partial charge on any atom is -0.352 e. The zero-order valence-electron chi connectivity index (χ0n) is 17.4. The van der Waals surface area contributed by atoms with Gasteiger partial charge in [-0.05, 0) is 48.9 Å². The second-order valence-electron chi connectivity index (χ2n) is 7.22. The van der Waals surface area contributed by atoms with Crippen molar-refractivity contribution in [2.75, 3.05) is 11.9 Å². The number of carbonyl (C=O) groups excluding carboxylic acids is 2. The van der Waals surface area contributed by atoms with E-state index in [0.29, 0.717) is 34.6 Å². The van der Waals surface area contributed by atoms with E-state index in [-0.39, 0.29) is 16.8 Å². The number of halogens is 1. The fourth-order valence-corrected chi connectivity index (χ4v) is 3.60. The van der Waals surface area contributed by atoms with Crippen LogP contribution in [-0.2, 0) is 0 Å². The van der Waals surface area contributed by atoms with Crippen LogP contribution in [0.2, 0.25) is 5.02 Å². The van der Waals surface area contributed by atoms with Crippen molar-refractivity contribution in [3.63, 3.8) is 0 Å². The van der Waals surface area contributed by atoms with Crippen LogP contribution >= 0.6 is 11.6 Å². The van der Waals surface area contributed by atoms with Gasteiger partial charge in [-0.1, -0.05) is 36.7 Å². The number of nitrogens with one attached hydrogen (secondary N) is 2. The van der Waals surface area contributed by atoms with E-state index >= 15 is 0 Å². The Kier molecular flexibility index (Phi) is 6.42. The number of benzene rings is 2. The molecule has 2 N–H and O–H groups in total. The summed E-state index contributed by atoms with van der Waals surface area (Å²) in [5.74, 6) is -0.538. The van der Waals surface area contributed by atoms with Crippen LogP contribution in [0.1, 0.15) is 34.1 Å². The predicted octanol–water partition coefficient (Wildman–Crippen LogP) is 5.34. The Morgan fingerprint density at radius 3 is 2.56 bits per heavy atom. The first-order chi connectivity index (χ1) is 15.6. The lowest BCUT2D eigenvalue weighted by Gasteiger charge is -2.12. The predicted molar refractivity (Wildman–Crippen MR) is 127 cm³/mol. The summed E-state index contributed by atoms with van der Waals surface area (Å²) in [5, 5.41) is 6.68. The average molecular weight is 445 g/mol. The molecule has 160 valence electrons. The maximum Gasteiger partial charge on any atom is 0.256 e. The van der Waals surface area contributed by atoms with Gasteiger partial charge < -0.3 is 10.6 Å². The first-order valence-corrected chi connectivity index (χ1v) is 10.6. The van der Waals surface area contributed by atoms with Gasteiger partial charge in [0, 0.05) is 35.6 Å². The van der Waals surface area contributed by atoms with Gasteiger partial charge in [-0.3, -0.25) is 14.6 Å². The number of aromatic nitrogens is 2. The van der Waals surface area contributed by atoms with Gasteiger partial charge in [-0.2, -0.15) is 0 Å². The molecule has 0 atom stereocenters. The molecule has 32 heavy (non-hydrogen) atoms. The van der Waals surface area contributed by atoms with E-state index in [1.54, 1.807) is 36.7 Å². The van der Waals surface area contributed by atoms with E-state index in [1.165, 1.54) is 0 Å². The van der Waals surface area contributed by atoms with Gasteiger partial charge >= 0.3 is 0 Å². The summed E-state index contributed by atoms with van der Waals surface area (Å²) in [6.45, 7) is 2.55. The van der Waals surface area contributed by atoms with Crippen LogP contribution in [0.15, 0.2) is 73.1 Å². The van der Waals surface area contributed by atoms with E-state index in [9.17, 15) is 9.59 Å². The molecule has 0 radical (unpaired) electrons. The lowest BCUT2D eigenvalue weighted by molar-refractivity contribution is 0.0953. The highest BCUT2D eigenvalue weighted by atomic mass is 35.5. The summed E-state index contributed by atoms with van der Waals surface area (Å²) in [5.41, 5.74) is 3.53. The van der Waals surface area contributed by atoms with E-state index in [0.717, 1.165) is 17.4 Å². The Hall–Kier alpha value is -3.77. The van der Waals surface area contributed by atoms with E-state index in [4.69, 9.17) is 11.6 Å². The molecule has 0 aliphatic rings. The first-order valence-electron chi connectivity index (χ1n) is 10.3. The molecule has 0 aliphatic carbocycles. The second-order valence-corrected chi connectivity index (χ2v) is 7.63. The van der Waals surface area contributed by atoms with Crippen molar-refractivity contribution in [3.05, 3.63) is 89.2 Å². The molecule has 4 aromatic rings. The number of carbonyl (C=O) groups is 2. The van der Waals surface area contributed by atoms with Gasteiger partial charge in [0.25, 0.3) is 11.8 Å². The van der Waals surface area contributed by atoms with Crippen molar-refractivity contribution >= 4 is 40.0 Å². The molecule has 0 aliphatic heterocycles. The Bertz CT molecular complexity index is 1290. The number of anilines is 1. The van der Waals surface area contributed by atoms with Crippen LogP contribution in [0, 0.1) is 0 Å². The third-order valence-electron chi connectivity index (χ3n) is 4.93. The summed E-state index contributed by atoms with van der Waals surface area (Å²) in [6, 6.07) is 17.8. The Morgan fingerprint density at radius 1 is 0.969 bits per heavy atom. The lowest BCUT2D eigenvalue weighted by atomic mass is 10.0. The summed E-state index contributed by atoms with van der Waals surface area (Å²) in [7, 11) is 0. The molecule has 7 heteroatoms.